The molecule has 31 heteroatoms. The van der Waals surface area contributed by atoms with Crippen molar-refractivity contribution in [3.8, 4) is 17.2 Å². The molecule has 0 aromatic heterocycles. The zero-order chi connectivity index (χ0) is 72.3. The van der Waals surface area contributed by atoms with Crippen molar-refractivity contribution in [3.63, 3.8) is 0 Å². The van der Waals surface area contributed by atoms with Crippen molar-refractivity contribution < 1.29 is 120 Å². The molecule has 22 N–H and O–H groups in total. The first-order valence-electron chi connectivity index (χ1n) is 30.5. The first-order chi connectivity index (χ1) is 45.0. The van der Waals surface area contributed by atoms with Gasteiger partial charge in [-0.2, -0.15) is 0 Å². The minimum absolute atomic E-state index is 0. The average molecular weight is 1360 g/mol. The van der Waals surface area contributed by atoms with Crippen LogP contribution >= 0.6 is 0 Å². The highest BCUT2D eigenvalue weighted by atomic mass is 16.4. The molecule has 9 aliphatic carbocycles. The molecule has 98 heavy (non-hydrogen) atoms. The molecule has 15 atom stereocenters. The standard InChI is InChI=1S/C23H27N3O7.2C22H24N2O8.H2O/c1-25(2)12-5-6-13(27)15-10(12)7-9-8-11-17(26(3)4)19(29)16(22(24)32)21(31)23(11,33)20(30)14(9)18(15)28;1-21(31)8-5-4-6-11(25)12(8)16(26)13-9(21)7-10-15(24(2)3)17(27)14(20(23)30)19(29)22(10,32)18(13)28;1-7-8-5-4-6-9(25)11(8)16(26)12-10(7)17(27)14-15(24(2)3)18(28)13(21(23)31)20(30)22(14,32)19(12)29;/h5-6,9,11,17,27-28,31,33H,7-8H2,1-4H3,(H2,24,32);4-6,9-10,15,25-26,29,31-32H,7H2,1-3H3,(H2,23,30);4-7,10,14-15,17,25-27,30,32H,1-3H3,(H2,23,31);1H2/t9-,11-,17-,23-;9-,10-,15-,21+,22-;7-,10+,14+,15-,17-,22-;/m000./s1. The molecule has 3 saturated carbocycles. The van der Waals surface area contributed by atoms with Gasteiger partial charge in [0.25, 0.3) is 17.7 Å². The highest BCUT2D eigenvalue weighted by Crippen LogP contribution is 2.60. The van der Waals surface area contributed by atoms with E-state index in [0.29, 0.717) is 11.1 Å². The Morgan fingerprint density at radius 2 is 0.918 bits per heavy atom. The van der Waals surface area contributed by atoms with Crippen LogP contribution in [0.4, 0.5) is 5.69 Å². The molecule has 0 aliphatic heterocycles. The molecule has 0 unspecified atom stereocenters. The number of rotatable bonds is 7. The van der Waals surface area contributed by atoms with Gasteiger partial charge < -0.3 is 99.1 Å². The first kappa shape index (κ1) is 72.4. The van der Waals surface area contributed by atoms with E-state index in [9.17, 15) is 115 Å². The number of amides is 3. The van der Waals surface area contributed by atoms with Crippen LogP contribution in [0.3, 0.4) is 0 Å². The number of aromatic hydroxyl groups is 3. The average Bonchev–Trinajstić information content (AvgIpc) is 0.702. The number of aliphatic hydroxyl groups is 11. The second-order valence-corrected chi connectivity index (χ2v) is 27.1. The second-order valence-electron chi connectivity index (χ2n) is 27.1. The minimum atomic E-state index is -2.89. The lowest BCUT2D eigenvalue weighted by molar-refractivity contribution is -0.169. The molecule has 3 fully saturated rings. The summed E-state index contributed by atoms with van der Waals surface area (Å²) in [6.07, 6.45) is -1.47. The lowest BCUT2D eigenvalue weighted by Gasteiger charge is -2.53. The molecule has 31 nitrogen and oxygen atoms in total. The van der Waals surface area contributed by atoms with E-state index in [1.807, 2.05) is 19.0 Å². The molecule has 3 amide bonds. The molecule has 0 spiro atoms. The van der Waals surface area contributed by atoms with Crippen LogP contribution in [-0.4, -0.2) is 242 Å². The van der Waals surface area contributed by atoms with Crippen molar-refractivity contribution >= 4 is 75.4 Å². The van der Waals surface area contributed by atoms with Gasteiger partial charge in [0.1, 0.15) is 68.5 Å². The van der Waals surface area contributed by atoms with Crippen LogP contribution < -0.4 is 22.1 Å². The number of fused-ring (bicyclic) bond motifs is 9. The van der Waals surface area contributed by atoms with Gasteiger partial charge in [-0.05, 0) is 121 Å². The van der Waals surface area contributed by atoms with E-state index in [0.717, 1.165) is 5.69 Å². The number of likely N-dealkylation sites (N-methyl/N-ethyl adjacent to an activating group) is 3. The lowest BCUT2D eigenvalue weighted by Crippen LogP contribution is -2.70. The number of hydrogen-bond donors (Lipinski definition) is 17. The molecule has 0 radical (unpaired) electrons. The number of aliphatic hydroxyl groups excluding tert-OH is 7. The van der Waals surface area contributed by atoms with Crippen LogP contribution in [0.1, 0.15) is 66.0 Å². The van der Waals surface area contributed by atoms with Gasteiger partial charge in [0.2, 0.25) is 17.3 Å². The number of nitrogens with zero attached hydrogens (tertiary/aromatic N) is 4. The summed E-state index contributed by atoms with van der Waals surface area (Å²) < 4.78 is 0. The number of hydrogen-bond acceptors (Lipinski definition) is 27. The molecule has 0 saturated heterocycles. The highest BCUT2D eigenvalue weighted by molar-refractivity contribution is 6.27. The summed E-state index contributed by atoms with van der Waals surface area (Å²) in [4.78, 5) is 122. The highest BCUT2D eigenvalue weighted by Gasteiger charge is 2.70. The molecule has 3 aromatic rings. The normalized spacial score (nSPS) is 32.2. The van der Waals surface area contributed by atoms with E-state index >= 15 is 0 Å². The minimum Gasteiger partial charge on any atom is -0.508 e. The summed E-state index contributed by atoms with van der Waals surface area (Å²) in [7, 11) is 12.7. The van der Waals surface area contributed by atoms with Crippen molar-refractivity contribution in [1.29, 1.82) is 0 Å². The number of phenolic OH excluding ortho intramolecular Hbond substituents is 3. The number of anilines is 1. The predicted molar refractivity (Wildman–Crippen MR) is 343 cm³/mol. The van der Waals surface area contributed by atoms with E-state index in [2.05, 4.69) is 0 Å². The zero-order valence-electron chi connectivity index (χ0n) is 54.5. The Hall–Kier alpha value is -9.83. The Kier molecular flexibility index (Phi) is 18.0. The summed E-state index contributed by atoms with van der Waals surface area (Å²) in [5, 5.41) is 154. The summed E-state index contributed by atoms with van der Waals surface area (Å²) in [5.41, 5.74) is 4.07. The fourth-order valence-corrected chi connectivity index (χ4v) is 16.7. The maximum absolute atomic E-state index is 13.7. The van der Waals surface area contributed by atoms with Crippen LogP contribution in [-0.2, 0) is 55.2 Å². The molecule has 524 valence electrons. The van der Waals surface area contributed by atoms with Crippen LogP contribution in [0.15, 0.2) is 99.2 Å². The third-order valence-electron chi connectivity index (χ3n) is 21.1. The molecule has 9 aliphatic rings. The van der Waals surface area contributed by atoms with Crippen molar-refractivity contribution in [2.75, 3.05) is 61.3 Å². The number of carbonyl (C=O) groups is 9. The van der Waals surface area contributed by atoms with E-state index in [1.54, 1.807) is 39.2 Å². The first-order valence-corrected chi connectivity index (χ1v) is 30.5. The van der Waals surface area contributed by atoms with E-state index in [-0.39, 0.29) is 64.1 Å². The molecule has 0 heterocycles. The Bertz CT molecular complexity index is 4290. The van der Waals surface area contributed by atoms with Crippen LogP contribution in [0.2, 0.25) is 0 Å². The molecule has 3 aromatic carbocycles. The molecule has 0 bridgehead atoms. The summed E-state index contributed by atoms with van der Waals surface area (Å²) in [6, 6.07) is 8.15. The third kappa shape index (κ3) is 9.75. The fourth-order valence-electron chi connectivity index (χ4n) is 16.7. The molecular formula is C67H77N7O24. The summed E-state index contributed by atoms with van der Waals surface area (Å²) in [5.74, 6) is -23.3. The van der Waals surface area contributed by atoms with Gasteiger partial charge in [0, 0.05) is 60.2 Å². The number of Topliss-reactive ketones (excluding diaryl/α,β-unsaturated/α-hetero) is 6. The van der Waals surface area contributed by atoms with Gasteiger partial charge in [-0.15, -0.1) is 0 Å². The number of primary amides is 3. The van der Waals surface area contributed by atoms with Crippen LogP contribution in [0, 0.1) is 35.5 Å². The predicted octanol–water partition coefficient (Wildman–Crippen LogP) is -1.67. The van der Waals surface area contributed by atoms with Crippen molar-refractivity contribution in [3.05, 3.63) is 133 Å². The number of ketones is 6. The van der Waals surface area contributed by atoms with Crippen molar-refractivity contribution in [1.82, 2.24) is 14.7 Å². The Labute approximate surface area is 557 Å². The van der Waals surface area contributed by atoms with Crippen molar-refractivity contribution in [2.24, 2.45) is 52.7 Å². The number of benzene rings is 3. The monoisotopic (exact) mass is 1360 g/mol. The Balaban J connectivity index is 0.000000171. The zero-order valence-corrected chi connectivity index (χ0v) is 54.5. The maximum Gasteiger partial charge on any atom is 0.255 e. The largest absolute Gasteiger partial charge is 0.508 e. The number of phenols is 3. The van der Waals surface area contributed by atoms with Crippen LogP contribution in [0.5, 0.6) is 17.2 Å². The Morgan fingerprint density at radius 3 is 1.40 bits per heavy atom. The van der Waals surface area contributed by atoms with Gasteiger partial charge in [-0.25, -0.2) is 0 Å². The second kappa shape index (κ2) is 24.3. The molecule has 12 rings (SSSR count). The number of nitrogens with two attached hydrogens (primary N) is 3. The summed E-state index contributed by atoms with van der Waals surface area (Å²) >= 11 is 0. The van der Waals surface area contributed by atoms with Gasteiger partial charge in [0.05, 0.1) is 52.4 Å². The maximum atomic E-state index is 13.7. The van der Waals surface area contributed by atoms with Crippen LogP contribution in [0.25, 0.3) is 17.3 Å². The summed E-state index contributed by atoms with van der Waals surface area (Å²) in [6.45, 7) is 3.08. The van der Waals surface area contributed by atoms with Crippen molar-refractivity contribution in [2.45, 2.75) is 85.7 Å². The Morgan fingerprint density at radius 1 is 0.510 bits per heavy atom. The van der Waals surface area contributed by atoms with E-state index < -0.39 is 209 Å². The fraction of sp³-hybridized carbons (Fsp3) is 0.418. The smallest absolute Gasteiger partial charge is 0.255 e. The van der Waals surface area contributed by atoms with Gasteiger partial charge >= 0.3 is 0 Å². The molecular weight excluding hydrogens is 1290 g/mol. The quantitative estimate of drug-likeness (QED) is 0.118. The lowest BCUT2D eigenvalue weighted by atomic mass is 9.54. The topological polar surface area (TPSA) is 559 Å². The van der Waals surface area contributed by atoms with E-state index in [4.69, 9.17) is 17.2 Å². The van der Waals surface area contributed by atoms with E-state index in [1.165, 1.54) is 80.1 Å². The number of carbonyl (C=O) groups excluding carboxylic acids is 9. The van der Waals surface area contributed by atoms with Gasteiger partial charge in [0.15, 0.2) is 34.2 Å². The third-order valence-corrected chi connectivity index (χ3v) is 21.1. The van der Waals surface area contributed by atoms with Gasteiger partial charge in [-0.3, -0.25) is 57.9 Å². The SMILES string of the molecule is CN(C)[C@@H]1C(=O)C(C(N)=O)=C(O)[C@@]2(O)C(=O)C3=C(O)c4c(O)cccc4[C@@](C)(O)[C@H]3C[C@@H]12.CN(C)c1ccc(O)c2c1C[C@H]1C[C@H]3[C@H](N(C)C)C(=O)C(C(N)=O)=C(O)[C@@]3(O)C(=O)C1=C2O.C[C@H]1c2cccc(O)c2C(O)=C2C(=O)[C@]3(O)C(O)=C(C(N)=O)C(=O)[C@@H](N(C)C)[C@@H]3[C@@H](O)[C@@H]21.O. The van der Waals surface area contributed by atoms with Gasteiger partial charge in [-0.1, -0.05) is 31.2 Å².